The first-order valence-electron chi connectivity index (χ1n) is 12.5. The quantitative estimate of drug-likeness (QED) is 0.207. The molecule has 0 atom stereocenters. The summed E-state index contributed by atoms with van der Waals surface area (Å²) in [5.74, 6) is 0. The maximum Gasteiger partial charge on any atom is 0.0616 e. The maximum absolute atomic E-state index is 2.52. The van der Waals surface area contributed by atoms with E-state index >= 15 is 0 Å². The summed E-state index contributed by atoms with van der Waals surface area (Å²) >= 11 is 0. The average Bonchev–Trinajstić information content (AvgIpc) is 3.59. The van der Waals surface area contributed by atoms with Crippen molar-refractivity contribution >= 4 is 38.0 Å². The van der Waals surface area contributed by atoms with Gasteiger partial charge in [0.1, 0.15) is 0 Å². The monoisotopic (exact) mass is 443 g/mol. The van der Waals surface area contributed by atoms with Crippen molar-refractivity contribution in [1.82, 2.24) is 4.40 Å². The van der Waals surface area contributed by atoms with Crippen LogP contribution in [0, 0.1) is 0 Å². The van der Waals surface area contributed by atoms with E-state index in [1.165, 1.54) is 82.5 Å². The Morgan fingerprint density at radius 1 is 0.457 bits per heavy atom. The number of fused-ring (bicyclic) bond motifs is 16. The third-order valence-corrected chi connectivity index (χ3v) is 8.44. The third kappa shape index (κ3) is 2.15. The van der Waals surface area contributed by atoms with Crippen LogP contribution in [0.4, 0.5) is 0 Å². The molecule has 2 aliphatic rings. The molecule has 2 heterocycles. The van der Waals surface area contributed by atoms with E-state index in [0.29, 0.717) is 0 Å². The Morgan fingerprint density at radius 2 is 1.09 bits per heavy atom. The topological polar surface area (TPSA) is 4.41 Å². The molecule has 0 fully saturated rings. The number of hydrogen-bond donors (Lipinski definition) is 0. The first-order chi connectivity index (χ1) is 17.4. The molecule has 2 aromatic heterocycles. The van der Waals surface area contributed by atoms with Crippen molar-refractivity contribution in [2.24, 2.45) is 0 Å². The molecular formula is C34H21N. The summed E-state index contributed by atoms with van der Waals surface area (Å²) in [7, 11) is 0. The number of hydrogen-bond acceptors (Lipinski definition) is 0. The highest BCUT2D eigenvalue weighted by molar-refractivity contribution is 6.23. The first-order valence-corrected chi connectivity index (χ1v) is 12.5. The Kier molecular flexibility index (Phi) is 3.19. The number of aromatic nitrogens is 1. The van der Waals surface area contributed by atoms with E-state index in [0.717, 1.165) is 12.8 Å². The lowest BCUT2D eigenvalue weighted by molar-refractivity contribution is 1.21. The van der Waals surface area contributed by atoms with Gasteiger partial charge in [0.05, 0.1) is 11.0 Å². The van der Waals surface area contributed by atoms with Crippen LogP contribution in [0.1, 0.15) is 22.3 Å². The summed E-state index contributed by atoms with van der Waals surface area (Å²) in [4.78, 5) is 0. The number of benzene rings is 5. The van der Waals surface area contributed by atoms with Crippen molar-refractivity contribution in [3.05, 3.63) is 126 Å². The molecule has 0 saturated heterocycles. The number of pyridine rings is 1. The van der Waals surface area contributed by atoms with Crippen molar-refractivity contribution in [1.29, 1.82) is 0 Å². The van der Waals surface area contributed by atoms with Gasteiger partial charge in [-0.05, 0) is 56.3 Å². The largest absolute Gasteiger partial charge is 0.314 e. The van der Waals surface area contributed by atoms with E-state index in [1.807, 2.05) is 0 Å². The van der Waals surface area contributed by atoms with E-state index in [2.05, 4.69) is 108 Å². The summed E-state index contributed by atoms with van der Waals surface area (Å²) in [5, 5.41) is 6.81. The van der Waals surface area contributed by atoms with Crippen molar-refractivity contribution in [3.8, 4) is 22.3 Å². The van der Waals surface area contributed by atoms with E-state index in [9.17, 15) is 0 Å². The minimum absolute atomic E-state index is 0.994. The van der Waals surface area contributed by atoms with Crippen LogP contribution in [0.2, 0.25) is 0 Å². The van der Waals surface area contributed by atoms with Crippen LogP contribution in [0.25, 0.3) is 60.2 Å². The van der Waals surface area contributed by atoms with Gasteiger partial charge in [0.15, 0.2) is 0 Å². The lowest BCUT2D eigenvalue weighted by Gasteiger charge is -2.16. The predicted molar refractivity (Wildman–Crippen MR) is 146 cm³/mol. The molecule has 5 aromatic carbocycles. The molecule has 0 aliphatic heterocycles. The molecule has 0 N–H and O–H groups in total. The Labute approximate surface area is 202 Å². The summed E-state index contributed by atoms with van der Waals surface area (Å²) < 4.78 is 2.52. The molecule has 0 unspecified atom stereocenters. The van der Waals surface area contributed by atoms with Gasteiger partial charge in [-0.1, -0.05) is 97.1 Å². The van der Waals surface area contributed by atoms with Crippen LogP contribution < -0.4 is 0 Å². The van der Waals surface area contributed by atoms with Crippen LogP contribution in [0.5, 0.6) is 0 Å². The fraction of sp³-hybridized carbons (Fsp3) is 0.0588. The van der Waals surface area contributed by atoms with Gasteiger partial charge in [0.2, 0.25) is 0 Å². The third-order valence-electron chi connectivity index (χ3n) is 8.44. The summed E-state index contributed by atoms with van der Waals surface area (Å²) in [5.41, 5.74) is 14.1. The second-order valence-corrected chi connectivity index (χ2v) is 10.1. The molecular weight excluding hydrogens is 422 g/mol. The van der Waals surface area contributed by atoms with E-state index in [1.54, 1.807) is 0 Å². The average molecular weight is 444 g/mol. The lowest BCUT2D eigenvalue weighted by Crippen LogP contribution is -1.97. The SMILES string of the molecule is c1ccc2c(c1)Cc1c-2ccc2c3ccc4c(c3n3cc5ccccc5c3c12)Cc1ccccc1-4. The lowest BCUT2D eigenvalue weighted by atomic mass is 9.93. The van der Waals surface area contributed by atoms with Crippen molar-refractivity contribution in [3.63, 3.8) is 0 Å². The summed E-state index contributed by atoms with van der Waals surface area (Å²) in [6.45, 7) is 0. The van der Waals surface area contributed by atoms with E-state index in [-0.39, 0.29) is 0 Å². The van der Waals surface area contributed by atoms with Gasteiger partial charge < -0.3 is 4.40 Å². The van der Waals surface area contributed by atoms with Crippen molar-refractivity contribution in [2.45, 2.75) is 12.8 Å². The zero-order valence-electron chi connectivity index (χ0n) is 19.2. The molecule has 0 radical (unpaired) electrons. The highest BCUT2D eigenvalue weighted by atomic mass is 14.9. The van der Waals surface area contributed by atoms with Crippen LogP contribution in [0.3, 0.4) is 0 Å². The van der Waals surface area contributed by atoms with Gasteiger partial charge in [-0.25, -0.2) is 0 Å². The van der Waals surface area contributed by atoms with Crippen LogP contribution in [-0.2, 0) is 12.8 Å². The summed E-state index contributed by atoms with van der Waals surface area (Å²) in [6.07, 6.45) is 4.37. The molecule has 0 spiro atoms. The van der Waals surface area contributed by atoms with Gasteiger partial charge in [-0.2, -0.15) is 0 Å². The van der Waals surface area contributed by atoms with Gasteiger partial charge in [0.25, 0.3) is 0 Å². The first kappa shape index (κ1) is 18.0. The van der Waals surface area contributed by atoms with Crippen molar-refractivity contribution in [2.75, 3.05) is 0 Å². The normalized spacial score (nSPS) is 13.5. The molecule has 1 nitrogen and oxygen atoms in total. The minimum atomic E-state index is 0.994. The second kappa shape index (κ2) is 6.20. The van der Waals surface area contributed by atoms with Gasteiger partial charge in [-0.15, -0.1) is 0 Å². The zero-order valence-corrected chi connectivity index (χ0v) is 19.2. The van der Waals surface area contributed by atoms with Gasteiger partial charge >= 0.3 is 0 Å². The Bertz CT molecular complexity index is 2050. The van der Waals surface area contributed by atoms with E-state index < -0.39 is 0 Å². The van der Waals surface area contributed by atoms with Crippen molar-refractivity contribution < 1.29 is 0 Å². The molecule has 9 rings (SSSR count). The predicted octanol–water partition coefficient (Wildman–Crippen LogP) is 8.54. The molecule has 162 valence electrons. The second-order valence-electron chi connectivity index (χ2n) is 10.1. The highest BCUT2D eigenvalue weighted by Gasteiger charge is 2.27. The number of nitrogens with zero attached hydrogens (tertiary/aromatic N) is 1. The van der Waals surface area contributed by atoms with E-state index in [4.69, 9.17) is 0 Å². The van der Waals surface area contributed by atoms with Crippen LogP contribution in [0.15, 0.2) is 103 Å². The Hall–Kier alpha value is -4.36. The number of rotatable bonds is 0. The fourth-order valence-electron chi connectivity index (χ4n) is 6.98. The molecule has 35 heavy (non-hydrogen) atoms. The van der Waals surface area contributed by atoms with Crippen LogP contribution >= 0.6 is 0 Å². The van der Waals surface area contributed by atoms with Gasteiger partial charge in [-0.3, -0.25) is 0 Å². The molecule has 7 aromatic rings. The maximum atomic E-state index is 2.52. The molecule has 0 saturated carbocycles. The molecule has 0 bridgehead atoms. The molecule has 1 heteroatoms. The molecule has 2 aliphatic carbocycles. The Balaban J connectivity index is 1.53. The molecule has 0 amide bonds. The summed E-state index contributed by atoms with van der Waals surface area (Å²) in [6, 6.07) is 36.2. The fourth-order valence-corrected chi connectivity index (χ4v) is 6.98. The minimum Gasteiger partial charge on any atom is -0.314 e. The van der Waals surface area contributed by atoms with Crippen LogP contribution in [-0.4, -0.2) is 4.40 Å². The van der Waals surface area contributed by atoms with Gasteiger partial charge in [0, 0.05) is 34.2 Å². The Morgan fingerprint density at radius 3 is 1.89 bits per heavy atom. The standard InChI is InChI=1S/C34H21N/c1-4-10-23-20(7-1)17-30-26(23)13-15-28-29-16-14-27-24-11-5-2-8-21(24)18-31(27)33(29)35-19-22-9-3-6-12-25(22)34(35)32(28)30/h1-16,19H,17-18H2. The highest BCUT2D eigenvalue weighted by Crippen LogP contribution is 2.48. The smallest absolute Gasteiger partial charge is 0.0616 e. The zero-order chi connectivity index (χ0) is 22.7.